The maximum atomic E-state index is 13.4. The van der Waals surface area contributed by atoms with Crippen LogP contribution in [0.15, 0.2) is 24.3 Å². The van der Waals surface area contributed by atoms with Gasteiger partial charge in [0.05, 0.1) is 12.5 Å². The van der Waals surface area contributed by atoms with E-state index in [0.717, 1.165) is 31.8 Å². The average Bonchev–Trinajstić information content (AvgIpc) is 2.76. The second-order valence-electron chi connectivity index (χ2n) is 9.43. The van der Waals surface area contributed by atoms with Gasteiger partial charge in [-0.1, -0.05) is 37.8 Å². The summed E-state index contributed by atoms with van der Waals surface area (Å²) in [6.07, 6.45) is 11.1. The SMILES string of the molecule is COc1cccc(CC2(C(=O)NCC3(N4CCCCC4)CCCCC3)CNC2)c1. The van der Waals surface area contributed by atoms with Gasteiger partial charge in [-0.2, -0.15) is 0 Å². The first-order valence-electron chi connectivity index (χ1n) is 11.5. The molecular formula is C24H37N3O2. The predicted molar refractivity (Wildman–Crippen MR) is 116 cm³/mol. The number of carbonyl (C=O) groups excluding carboxylic acids is 1. The monoisotopic (exact) mass is 399 g/mol. The highest BCUT2D eigenvalue weighted by Gasteiger charge is 2.46. The number of carbonyl (C=O) groups is 1. The minimum atomic E-state index is -0.329. The molecular weight excluding hydrogens is 362 g/mol. The van der Waals surface area contributed by atoms with Crippen molar-refractivity contribution in [1.29, 1.82) is 0 Å². The van der Waals surface area contributed by atoms with Crippen molar-refractivity contribution in [1.82, 2.24) is 15.5 Å². The van der Waals surface area contributed by atoms with Crippen molar-refractivity contribution >= 4 is 5.91 Å². The van der Waals surface area contributed by atoms with Crippen LogP contribution in [0.3, 0.4) is 0 Å². The fourth-order valence-electron chi connectivity index (χ4n) is 5.58. The zero-order chi connectivity index (χ0) is 20.2. The molecule has 0 atom stereocenters. The topological polar surface area (TPSA) is 53.6 Å². The number of methoxy groups -OCH3 is 1. The summed E-state index contributed by atoms with van der Waals surface area (Å²) in [6.45, 7) is 4.73. The molecule has 0 aromatic heterocycles. The van der Waals surface area contributed by atoms with Crippen LogP contribution in [0.25, 0.3) is 0 Å². The van der Waals surface area contributed by atoms with Gasteiger partial charge in [-0.25, -0.2) is 0 Å². The molecule has 1 aliphatic carbocycles. The lowest BCUT2D eigenvalue weighted by Gasteiger charge is -2.49. The molecule has 0 spiro atoms. The van der Waals surface area contributed by atoms with Gasteiger partial charge in [0.25, 0.3) is 0 Å². The van der Waals surface area contributed by atoms with Gasteiger partial charge in [-0.3, -0.25) is 9.69 Å². The maximum absolute atomic E-state index is 13.4. The molecule has 1 aromatic rings. The first-order chi connectivity index (χ1) is 14.2. The van der Waals surface area contributed by atoms with Crippen LogP contribution in [-0.2, 0) is 11.2 Å². The third-order valence-electron chi connectivity index (χ3n) is 7.47. The zero-order valence-electron chi connectivity index (χ0n) is 18.0. The third-order valence-corrected chi connectivity index (χ3v) is 7.47. The molecule has 2 aliphatic heterocycles. The lowest BCUT2D eigenvalue weighted by molar-refractivity contribution is -0.135. The molecule has 2 saturated heterocycles. The largest absolute Gasteiger partial charge is 0.497 e. The second kappa shape index (κ2) is 9.05. The van der Waals surface area contributed by atoms with E-state index in [4.69, 9.17) is 4.74 Å². The van der Waals surface area contributed by atoms with Crippen LogP contribution in [0.5, 0.6) is 5.75 Å². The highest BCUT2D eigenvalue weighted by Crippen LogP contribution is 2.36. The number of piperidine rings is 1. The van der Waals surface area contributed by atoms with E-state index in [1.165, 1.54) is 70.0 Å². The Hall–Kier alpha value is -1.59. The summed E-state index contributed by atoms with van der Waals surface area (Å²) >= 11 is 0. The highest BCUT2D eigenvalue weighted by atomic mass is 16.5. The molecule has 0 unspecified atom stereocenters. The van der Waals surface area contributed by atoms with Crippen LogP contribution in [0.1, 0.15) is 56.9 Å². The Bertz CT molecular complexity index is 689. The molecule has 1 amide bonds. The van der Waals surface area contributed by atoms with Crippen molar-refractivity contribution in [2.24, 2.45) is 5.41 Å². The fraction of sp³-hybridized carbons (Fsp3) is 0.708. The molecule has 5 nitrogen and oxygen atoms in total. The number of hydrogen-bond acceptors (Lipinski definition) is 4. The quantitative estimate of drug-likeness (QED) is 0.740. The lowest BCUT2D eigenvalue weighted by atomic mass is 9.74. The number of nitrogens with one attached hydrogen (secondary N) is 2. The average molecular weight is 400 g/mol. The Morgan fingerprint density at radius 3 is 2.48 bits per heavy atom. The number of ether oxygens (including phenoxy) is 1. The molecule has 3 aliphatic rings. The third kappa shape index (κ3) is 4.46. The van der Waals surface area contributed by atoms with Crippen molar-refractivity contribution in [3.63, 3.8) is 0 Å². The van der Waals surface area contributed by atoms with Crippen LogP contribution in [0, 0.1) is 5.41 Å². The highest BCUT2D eigenvalue weighted by molar-refractivity contribution is 5.84. The Labute approximate surface area is 175 Å². The Kier molecular flexibility index (Phi) is 6.45. The summed E-state index contributed by atoms with van der Waals surface area (Å²) in [7, 11) is 1.69. The zero-order valence-corrected chi connectivity index (χ0v) is 18.0. The first kappa shape index (κ1) is 20.7. The van der Waals surface area contributed by atoms with Gasteiger partial charge in [0, 0.05) is 25.2 Å². The number of rotatable bonds is 7. The normalized spacial score (nSPS) is 23.8. The van der Waals surface area contributed by atoms with Gasteiger partial charge in [0.1, 0.15) is 5.75 Å². The Balaban J connectivity index is 1.43. The molecule has 3 fully saturated rings. The van der Waals surface area contributed by atoms with Gasteiger partial charge in [-0.05, 0) is 62.9 Å². The molecule has 5 heteroatoms. The molecule has 2 heterocycles. The molecule has 160 valence electrons. The molecule has 29 heavy (non-hydrogen) atoms. The molecule has 1 aromatic carbocycles. The lowest BCUT2D eigenvalue weighted by Crippen LogP contribution is -2.65. The summed E-state index contributed by atoms with van der Waals surface area (Å²) in [5.74, 6) is 1.08. The van der Waals surface area contributed by atoms with E-state index in [9.17, 15) is 4.79 Å². The van der Waals surface area contributed by atoms with Gasteiger partial charge < -0.3 is 15.4 Å². The van der Waals surface area contributed by atoms with Crippen molar-refractivity contribution < 1.29 is 9.53 Å². The van der Waals surface area contributed by atoms with E-state index in [0.29, 0.717) is 0 Å². The van der Waals surface area contributed by atoms with E-state index in [1.807, 2.05) is 12.1 Å². The maximum Gasteiger partial charge on any atom is 0.229 e. The number of benzene rings is 1. The van der Waals surface area contributed by atoms with Crippen molar-refractivity contribution in [2.45, 2.75) is 63.3 Å². The van der Waals surface area contributed by atoms with E-state index in [-0.39, 0.29) is 16.9 Å². The summed E-state index contributed by atoms with van der Waals surface area (Å²) < 4.78 is 5.37. The smallest absolute Gasteiger partial charge is 0.229 e. The van der Waals surface area contributed by atoms with E-state index >= 15 is 0 Å². The second-order valence-corrected chi connectivity index (χ2v) is 9.43. The Morgan fingerprint density at radius 2 is 1.83 bits per heavy atom. The summed E-state index contributed by atoms with van der Waals surface area (Å²) in [5, 5.41) is 6.77. The molecule has 2 N–H and O–H groups in total. The number of nitrogens with zero attached hydrogens (tertiary/aromatic N) is 1. The van der Waals surface area contributed by atoms with Crippen LogP contribution >= 0.6 is 0 Å². The predicted octanol–water partition coefficient (Wildman–Crippen LogP) is 3.13. The number of hydrogen-bond donors (Lipinski definition) is 2. The van der Waals surface area contributed by atoms with Crippen molar-refractivity contribution in [2.75, 3.05) is 39.8 Å². The van der Waals surface area contributed by atoms with Gasteiger partial charge in [0.15, 0.2) is 0 Å². The standard InChI is InChI=1S/C24H37N3O2/c1-29-21-10-8-9-20(15-21)16-23(17-25-18-23)22(28)26-19-24(11-4-2-5-12-24)27-13-6-3-7-14-27/h8-10,15,25H,2-7,11-14,16-19H2,1H3,(H,26,28). The van der Waals surface area contributed by atoms with Gasteiger partial charge in [-0.15, -0.1) is 0 Å². The molecule has 1 saturated carbocycles. The molecule has 0 bridgehead atoms. The first-order valence-corrected chi connectivity index (χ1v) is 11.5. The minimum Gasteiger partial charge on any atom is -0.497 e. The van der Waals surface area contributed by atoms with E-state index in [2.05, 4.69) is 27.7 Å². The van der Waals surface area contributed by atoms with E-state index in [1.54, 1.807) is 7.11 Å². The van der Waals surface area contributed by atoms with Crippen LogP contribution in [-0.4, -0.2) is 56.2 Å². The number of amides is 1. The van der Waals surface area contributed by atoms with Crippen molar-refractivity contribution in [3.05, 3.63) is 29.8 Å². The Morgan fingerprint density at radius 1 is 1.10 bits per heavy atom. The minimum absolute atomic E-state index is 0.183. The van der Waals surface area contributed by atoms with Gasteiger partial charge in [0.2, 0.25) is 5.91 Å². The van der Waals surface area contributed by atoms with Crippen molar-refractivity contribution in [3.8, 4) is 5.75 Å². The summed E-state index contributed by atoms with van der Waals surface area (Å²) in [4.78, 5) is 16.1. The van der Waals surface area contributed by atoms with Crippen LogP contribution in [0.4, 0.5) is 0 Å². The van der Waals surface area contributed by atoms with Gasteiger partial charge >= 0.3 is 0 Å². The van der Waals surface area contributed by atoms with E-state index < -0.39 is 0 Å². The molecule has 4 rings (SSSR count). The summed E-state index contributed by atoms with van der Waals surface area (Å²) in [6, 6.07) is 8.13. The van der Waals surface area contributed by atoms with Crippen LogP contribution < -0.4 is 15.4 Å². The molecule has 0 radical (unpaired) electrons. The number of likely N-dealkylation sites (tertiary alicyclic amines) is 1. The fourth-order valence-corrected chi connectivity index (χ4v) is 5.58. The summed E-state index contributed by atoms with van der Waals surface area (Å²) in [5.41, 5.74) is 1.02. The van der Waals surface area contributed by atoms with Crippen LogP contribution in [0.2, 0.25) is 0 Å².